The molecule has 6 rings (SSSR count). The Balaban J connectivity index is 1.54. The van der Waals surface area contributed by atoms with Crippen molar-refractivity contribution < 1.29 is 23.8 Å². The fourth-order valence-electron chi connectivity index (χ4n) is 6.77. The number of amides is 1. The molecular formula is C32H35Cl2FN4O4. The lowest BCUT2D eigenvalue weighted by atomic mass is 9.73. The number of aromatic nitrogens is 2. The van der Waals surface area contributed by atoms with Gasteiger partial charge in [-0.1, -0.05) is 42.3 Å². The first-order valence-electron chi connectivity index (χ1n) is 14.7. The van der Waals surface area contributed by atoms with E-state index in [4.69, 9.17) is 32.7 Å². The fraction of sp³-hybridized carbons (Fsp3) is 0.469. The average Bonchev–Trinajstić information content (AvgIpc) is 3.60. The summed E-state index contributed by atoms with van der Waals surface area (Å²) in [5.41, 5.74) is -1.82. The molecule has 1 N–H and O–H groups in total. The highest BCUT2D eigenvalue weighted by molar-refractivity contribution is 6.30. The molecule has 1 unspecified atom stereocenters. The van der Waals surface area contributed by atoms with Crippen molar-refractivity contribution in [1.82, 2.24) is 19.8 Å². The predicted molar refractivity (Wildman–Crippen MR) is 160 cm³/mol. The largest absolute Gasteiger partial charge is 0.385 e. The molecule has 3 aliphatic rings. The number of carbonyl (C=O) groups is 1. The highest BCUT2D eigenvalue weighted by atomic mass is 35.5. The Labute approximate surface area is 260 Å². The molecule has 0 aliphatic carbocycles. The summed E-state index contributed by atoms with van der Waals surface area (Å²) in [6.45, 7) is 4.29. The maximum absolute atomic E-state index is 16.8. The van der Waals surface area contributed by atoms with Crippen LogP contribution in [0, 0.1) is 11.7 Å². The molecule has 2 saturated heterocycles. The van der Waals surface area contributed by atoms with E-state index in [2.05, 4.69) is 21.9 Å². The number of aliphatic hydroxyl groups is 1. The minimum absolute atomic E-state index is 0.0749. The molecule has 4 heterocycles. The minimum atomic E-state index is -1.67. The van der Waals surface area contributed by atoms with Crippen LogP contribution in [0.1, 0.15) is 65.5 Å². The van der Waals surface area contributed by atoms with E-state index in [0.29, 0.717) is 53.1 Å². The number of carbonyl (C=O) groups excluding carboxylic acids is 1. The molecule has 43 heavy (non-hydrogen) atoms. The predicted octanol–water partition coefficient (Wildman–Crippen LogP) is 5.52. The fourth-order valence-corrected chi connectivity index (χ4v) is 6.99. The number of halogens is 3. The Hall–Kier alpha value is -2.66. The van der Waals surface area contributed by atoms with Gasteiger partial charge in [0.05, 0.1) is 41.0 Å². The second kappa shape index (κ2) is 12.0. The van der Waals surface area contributed by atoms with Crippen molar-refractivity contribution in [1.29, 1.82) is 0 Å². The van der Waals surface area contributed by atoms with E-state index in [-0.39, 0.29) is 23.6 Å². The van der Waals surface area contributed by atoms with Crippen LogP contribution < -0.4 is 0 Å². The molecule has 0 bridgehead atoms. The van der Waals surface area contributed by atoms with Crippen LogP contribution >= 0.6 is 23.2 Å². The Morgan fingerprint density at radius 1 is 1.12 bits per heavy atom. The van der Waals surface area contributed by atoms with Gasteiger partial charge in [-0.15, -0.1) is 0 Å². The molecule has 3 atom stereocenters. The number of ether oxygens (including phenoxy) is 2. The number of likely N-dealkylation sites (tertiary alicyclic amines) is 1. The number of piperidine rings is 1. The van der Waals surface area contributed by atoms with Gasteiger partial charge >= 0.3 is 0 Å². The molecule has 0 spiro atoms. The van der Waals surface area contributed by atoms with E-state index < -0.39 is 29.2 Å². The minimum Gasteiger partial charge on any atom is -0.385 e. The summed E-state index contributed by atoms with van der Waals surface area (Å²) in [5.74, 6) is -0.847. The van der Waals surface area contributed by atoms with Gasteiger partial charge < -0.3 is 19.5 Å². The van der Waals surface area contributed by atoms with Crippen molar-refractivity contribution in [2.75, 3.05) is 33.4 Å². The van der Waals surface area contributed by atoms with Crippen LogP contribution in [0.15, 0.2) is 48.8 Å². The Kier molecular flexibility index (Phi) is 8.49. The first-order valence-corrected chi connectivity index (χ1v) is 15.5. The monoisotopic (exact) mass is 628 g/mol. The second-order valence-electron chi connectivity index (χ2n) is 11.7. The standard InChI is InChI=1S/C32H35Cl2FN4O4/c1-3-31(41,20-8-11-38(2)12-9-20)22-14-26-29(27(35)15-22)32(43-25-10-13-42-19-25,21-4-6-23(33)7-5-21)39(30(26)40)18-28-36-16-24(34)17-37-28/h4-7,14-17,20,25,41H,3,8-13,18-19H2,1-2H3/t25-,31?,32+/m0/s1. The molecule has 8 nitrogen and oxygen atoms in total. The first-order chi connectivity index (χ1) is 20.7. The zero-order chi connectivity index (χ0) is 30.4. The van der Waals surface area contributed by atoms with Gasteiger partial charge in [0.15, 0.2) is 0 Å². The lowest BCUT2D eigenvalue weighted by Crippen LogP contribution is -2.49. The summed E-state index contributed by atoms with van der Waals surface area (Å²) >= 11 is 12.3. The van der Waals surface area contributed by atoms with Gasteiger partial charge in [0.2, 0.25) is 5.72 Å². The zero-order valence-corrected chi connectivity index (χ0v) is 25.7. The lowest BCUT2D eigenvalue weighted by molar-refractivity contribution is -0.149. The lowest BCUT2D eigenvalue weighted by Gasteiger charge is -2.41. The molecule has 11 heteroatoms. The Morgan fingerprint density at radius 2 is 1.81 bits per heavy atom. The third-order valence-electron chi connectivity index (χ3n) is 9.15. The van der Waals surface area contributed by atoms with Crippen molar-refractivity contribution in [3.8, 4) is 0 Å². The number of fused-ring (bicyclic) bond motifs is 1. The molecule has 3 aliphatic heterocycles. The number of rotatable bonds is 8. The van der Waals surface area contributed by atoms with Gasteiger partial charge in [0.1, 0.15) is 11.6 Å². The van der Waals surface area contributed by atoms with Crippen LogP contribution in [0.3, 0.4) is 0 Å². The molecule has 0 radical (unpaired) electrons. The van der Waals surface area contributed by atoms with Crippen molar-refractivity contribution in [3.63, 3.8) is 0 Å². The number of hydrogen-bond donors (Lipinski definition) is 1. The van der Waals surface area contributed by atoms with E-state index in [9.17, 15) is 9.90 Å². The van der Waals surface area contributed by atoms with E-state index in [1.165, 1.54) is 23.4 Å². The van der Waals surface area contributed by atoms with Crippen LogP contribution in [0.5, 0.6) is 0 Å². The SMILES string of the molecule is CCC(O)(c1cc(F)c2c(c1)C(=O)N(Cc1ncc(Cl)cn1)[C@@]2(O[C@H]1CCOC1)c1ccc(Cl)cc1)C1CCN(C)CC1. The Bertz CT molecular complexity index is 1480. The molecule has 228 valence electrons. The molecule has 2 fully saturated rings. The molecule has 1 amide bonds. The average molecular weight is 630 g/mol. The van der Waals surface area contributed by atoms with Gasteiger partial charge in [-0.3, -0.25) is 9.69 Å². The van der Waals surface area contributed by atoms with E-state index in [1.54, 1.807) is 30.3 Å². The molecule has 1 aromatic heterocycles. The van der Waals surface area contributed by atoms with Crippen molar-refractivity contribution in [3.05, 3.63) is 92.7 Å². The smallest absolute Gasteiger partial charge is 0.257 e. The summed E-state index contributed by atoms with van der Waals surface area (Å²) in [6.07, 6.45) is 5.00. The number of nitrogens with zero attached hydrogens (tertiary/aromatic N) is 4. The van der Waals surface area contributed by atoms with E-state index in [1.807, 2.05) is 6.92 Å². The Morgan fingerprint density at radius 3 is 2.44 bits per heavy atom. The molecule has 3 aromatic rings. The van der Waals surface area contributed by atoms with Gasteiger partial charge in [-0.2, -0.15) is 0 Å². The summed E-state index contributed by atoms with van der Waals surface area (Å²) in [5, 5.41) is 12.9. The van der Waals surface area contributed by atoms with Crippen molar-refractivity contribution in [2.24, 2.45) is 5.92 Å². The van der Waals surface area contributed by atoms with Crippen molar-refractivity contribution in [2.45, 2.75) is 56.6 Å². The van der Waals surface area contributed by atoms with Crippen LogP contribution in [-0.4, -0.2) is 70.2 Å². The van der Waals surface area contributed by atoms with Gasteiger partial charge in [-0.25, -0.2) is 14.4 Å². The van der Waals surface area contributed by atoms with Gasteiger partial charge in [-0.05, 0) is 81.6 Å². The maximum Gasteiger partial charge on any atom is 0.257 e. The molecule has 0 saturated carbocycles. The maximum atomic E-state index is 16.8. The summed E-state index contributed by atoms with van der Waals surface area (Å²) in [6, 6.07) is 9.90. The summed E-state index contributed by atoms with van der Waals surface area (Å²) in [4.78, 5) is 26.8. The highest BCUT2D eigenvalue weighted by Crippen LogP contribution is 2.50. The number of benzene rings is 2. The summed E-state index contributed by atoms with van der Waals surface area (Å²) < 4.78 is 29.2. The van der Waals surface area contributed by atoms with Crippen molar-refractivity contribution >= 4 is 29.1 Å². The van der Waals surface area contributed by atoms with Gasteiger partial charge in [0.25, 0.3) is 5.91 Å². The van der Waals surface area contributed by atoms with E-state index >= 15 is 4.39 Å². The summed E-state index contributed by atoms with van der Waals surface area (Å²) in [7, 11) is 2.06. The van der Waals surface area contributed by atoms with Crippen LogP contribution in [0.2, 0.25) is 10.0 Å². The molecular weight excluding hydrogens is 594 g/mol. The molecule has 2 aromatic carbocycles. The first kappa shape index (κ1) is 30.4. The zero-order valence-electron chi connectivity index (χ0n) is 24.2. The van der Waals surface area contributed by atoms with Crippen LogP contribution in [0.4, 0.5) is 4.39 Å². The third-order valence-corrected chi connectivity index (χ3v) is 9.60. The number of hydrogen-bond acceptors (Lipinski definition) is 7. The second-order valence-corrected chi connectivity index (χ2v) is 12.6. The topological polar surface area (TPSA) is 88.0 Å². The van der Waals surface area contributed by atoms with E-state index in [0.717, 1.165) is 25.9 Å². The highest BCUT2D eigenvalue weighted by Gasteiger charge is 2.56. The van der Waals surface area contributed by atoms with Gasteiger partial charge in [0, 0.05) is 29.6 Å². The van der Waals surface area contributed by atoms with Crippen LogP contribution in [0.25, 0.3) is 0 Å². The van der Waals surface area contributed by atoms with Crippen LogP contribution in [-0.2, 0) is 27.3 Å². The third kappa shape index (κ3) is 5.45. The normalized spacial score (nSPS) is 24.4. The quantitative estimate of drug-likeness (QED) is 0.351.